The Bertz CT molecular complexity index is 701. The Labute approximate surface area is 121 Å². The number of halogens is 1. The first kappa shape index (κ1) is 12.4. The topological polar surface area (TPSA) is 17.3 Å². The first-order valence-electron chi connectivity index (χ1n) is 6.41. The van der Waals surface area contributed by atoms with E-state index in [0.29, 0.717) is 0 Å². The SMILES string of the molecule is Cc1ccc2c(Br)nc(CCc3ccccc3)n2c1. The number of benzene rings is 1. The van der Waals surface area contributed by atoms with Crippen LogP contribution in [0, 0.1) is 6.92 Å². The van der Waals surface area contributed by atoms with E-state index >= 15 is 0 Å². The molecule has 0 atom stereocenters. The zero-order chi connectivity index (χ0) is 13.2. The average molecular weight is 315 g/mol. The zero-order valence-corrected chi connectivity index (χ0v) is 12.4. The number of imidazole rings is 1. The van der Waals surface area contributed by atoms with E-state index in [9.17, 15) is 0 Å². The van der Waals surface area contributed by atoms with E-state index in [2.05, 4.69) is 74.8 Å². The largest absolute Gasteiger partial charge is 0.302 e. The molecule has 0 radical (unpaired) electrons. The number of hydrogen-bond acceptors (Lipinski definition) is 1. The van der Waals surface area contributed by atoms with Gasteiger partial charge in [-0.3, -0.25) is 0 Å². The molecule has 0 amide bonds. The van der Waals surface area contributed by atoms with Gasteiger partial charge in [0.05, 0.1) is 5.52 Å². The van der Waals surface area contributed by atoms with Crippen LogP contribution in [0.1, 0.15) is 17.0 Å². The van der Waals surface area contributed by atoms with Crippen molar-refractivity contribution in [3.63, 3.8) is 0 Å². The van der Waals surface area contributed by atoms with Crippen molar-refractivity contribution in [1.82, 2.24) is 9.38 Å². The van der Waals surface area contributed by atoms with E-state index in [1.807, 2.05) is 6.07 Å². The van der Waals surface area contributed by atoms with Crippen molar-refractivity contribution in [2.75, 3.05) is 0 Å². The summed E-state index contributed by atoms with van der Waals surface area (Å²) >= 11 is 3.54. The molecule has 0 bridgehead atoms. The van der Waals surface area contributed by atoms with E-state index in [1.165, 1.54) is 11.1 Å². The number of pyridine rings is 1. The normalized spacial score (nSPS) is 11.1. The maximum absolute atomic E-state index is 4.63. The smallest absolute Gasteiger partial charge is 0.132 e. The first-order valence-corrected chi connectivity index (χ1v) is 7.20. The Morgan fingerprint density at radius 3 is 2.63 bits per heavy atom. The second-order valence-electron chi connectivity index (χ2n) is 4.77. The highest BCUT2D eigenvalue weighted by molar-refractivity contribution is 9.10. The molecule has 2 nitrogen and oxygen atoms in total. The molecule has 2 heterocycles. The molecule has 3 rings (SSSR count). The fourth-order valence-corrected chi connectivity index (χ4v) is 2.82. The van der Waals surface area contributed by atoms with Gasteiger partial charge in [-0.2, -0.15) is 0 Å². The molecule has 96 valence electrons. The molecule has 0 saturated carbocycles. The van der Waals surface area contributed by atoms with Crippen molar-refractivity contribution in [1.29, 1.82) is 0 Å². The van der Waals surface area contributed by atoms with E-state index in [-0.39, 0.29) is 0 Å². The van der Waals surface area contributed by atoms with Crippen LogP contribution < -0.4 is 0 Å². The van der Waals surface area contributed by atoms with E-state index in [1.54, 1.807) is 0 Å². The summed E-state index contributed by atoms with van der Waals surface area (Å²) in [7, 11) is 0. The molecule has 0 saturated heterocycles. The molecule has 0 spiro atoms. The van der Waals surface area contributed by atoms with Gasteiger partial charge in [0.15, 0.2) is 0 Å². The van der Waals surface area contributed by atoms with Gasteiger partial charge in [0.1, 0.15) is 10.4 Å². The predicted molar refractivity (Wildman–Crippen MR) is 81.5 cm³/mol. The molecule has 0 fully saturated rings. The monoisotopic (exact) mass is 314 g/mol. The Morgan fingerprint density at radius 2 is 1.84 bits per heavy atom. The fraction of sp³-hybridized carbons (Fsp3) is 0.188. The van der Waals surface area contributed by atoms with Crippen molar-refractivity contribution >= 4 is 21.4 Å². The first-order chi connectivity index (χ1) is 9.24. The van der Waals surface area contributed by atoms with Crippen molar-refractivity contribution < 1.29 is 0 Å². The maximum Gasteiger partial charge on any atom is 0.132 e. The molecule has 19 heavy (non-hydrogen) atoms. The zero-order valence-electron chi connectivity index (χ0n) is 10.8. The second kappa shape index (κ2) is 5.17. The molecular formula is C16H15BrN2. The minimum Gasteiger partial charge on any atom is -0.302 e. The molecule has 0 N–H and O–H groups in total. The van der Waals surface area contributed by atoms with Crippen molar-refractivity contribution in [3.8, 4) is 0 Å². The van der Waals surface area contributed by atoms with Crippen LogP contribution in [0.15, 0.2) is 53.3 Å². The second-order valence-corrected chi connectivity index (χ2v) is 5.52. The lowest BCUT2D eigenvalue weighted by molar-refractivity contribution is 0.850. The molecule has 0 aliphatic heterocycles. The van der Waals surface area contributed by atoms with Gasteiger partial charge in [0.2, 0.25) is 0 Å². The lowest BCUT2D eigenvalue weighted by Crippen LogP contribution is -1.98. The minimum atomic E-state index is 0.926. The van der Waals surface area contributed by atoms with Crippen molar-refractivity contribution in [2.24, 2.45) is 0 Å². The number of hydrogen-bond donors (Lipinski definition) is 0. The molecule has 0 aliphatic rings. The van der Waals surface area contributed by atoms with Gasteiger partial charge in [-0.15, -0.1) is 0 Å². The Hall–Kier alpha value is -1.61. The highest BCUT2D eigenvalue weighted by Crippen LogP contribution is 2.20. The molecule has 2 aromatic heterocycles. The molecule has 0 aliphatic carbocycles. The molecule has 3 heteroatoms. The third-order valence-corrected chi connectivity index (χ3v) is 3.88. The summed E-state index contributed by atoms with van der Waals surface area (Å²) < 4.78 is 3.11. The lowest BCUT2D eigenvalue weighted by Gasteiger charge is -2.03. The summed E-state index contributed by atoms with van der Waals surface area (Å²) in [6.07, 6.45) is 4.11. The quantitative estimate of drug-likeness (QED) is 0.708. The lowest BCUT2D eigenvalue weighted by atomic mass is 10.1. The third-order valence-electron chi connectivity index (χ3n) is 3.29. The Kier molecular flexibility index (Phi) is 3.38. The number of rotatable bonds is 3. The van der Waals surface area contributed by atoms with Gasteiger partial charge in [-0.05, 0) is 46.5 Å². The van der Waals surface area contributed by atoms with Crippen LogP contribution >= 0.6 is 15.9 Å². The molecule has 1 aromatic carbocycles. The summed E-state index contributed by atoms with van der Waals surface area (Å²) in [6, 6.07) is 14.8. The summed E-state index contributed by atoms with van der Waals surface area (Å²) in [5, 5.41) is 0. The third kappa shape index (κ3) is 2.56. The van der Waals surface area contributed by atoms with E-state index in [0.717, 1.165) is 28.8 Å². The van der Waals surface area contributed by atoms with Gasteiger partial charge >= 0.3 is 0 Å². The van der Waals surface area contributed by atoms with Crippen molar-refractivity contribution in [2.45, 2.75) is 19.8 Å². The summed E-state index contributed by atoms with van der Waals surface area (Å²) in [4.78, 5) is 4.63. The van der Waals surface area contributed by atoms with Crippen LogP contribution in [-0.2, 0) is 12.8 Å². The van der Waals surface area contributed by atoms with Crippen LogP contribution in [-0.4, -0.2) is 9.38 Å². The van der Waals surface area contributed by atoms with Crippen LogP contribution in [0.2, 0.25) is 0 Å². The standard InChI is InChI=1S/C16H15BrN2/c1-12-7-9-14-16(17)18-15(19(14)11-12)10-8-13-5-3-2-4-6-13/h2-7,9,11H,8,10H2,1H3. The van der Waals surface area contributed by atoms with Gasteiger partial charge < -0.3 is 4.40 Å². The van der Waals surface area contributed by atoms with Crippen molar-refractivity contribution in [3.05, 3.63) is 70.2 Å². The number of aryl methyl sites for hydroxylation is 3. The predicted octanol–water partition coefficient (Wildman–Crippen LogP) is 4.19. The highest BCUT2D eigenvalue weighted by Gasteiger charge is 2.08. The number of aromatic nitrogens is 2. The van der Waals surface area contributed by atoms with Gasteiger partial charge in [0.25, 0.3) is 0 Å². The number of nitrogens with zero attached hydrogens (tertiary/aromatic N) is 2. The fourth-order valence-electron chi connectivity index (χ4n) is 2.29. The van der Waals surface area contributed by atoms with Gasteiger partial charge in [-0.1, -0.05) is 36.4 Å². The molecule has 0 unspecified atom stereocenters. The summed E-state index contributed by atoms with van der Waals surface area (Å²) in [6.45, 7) is 2.11. The highest BCUT2D eigenvalue weighted by atomic mass is 79.9. The maximum atomic E-state index is 4.63. The van der Waals surface area contributed by atoms with Crippen LogP contribution in [0.3, 0.4) is 0 Å². The average Bonchev–Trinajstić information content (AvgIpc) is 2.74. The minimum absolute atomic E-state index is 0.926. The van der Waals surface area contributed by atoms with Gasteiger partial charge in [0, 0.05) is 12.6 Å². The van der Waals surface area contributed by atoms with Crippen LogP contribution in [0.5, 0.6) is 0 Å². The van der Waals surface area contributed by atoms with Gasteiger partial charge in [-0.25, -0.2) is 4.98 Å². The Balaban J connectivity index is 1.91. The summed E-state index contributed by atoms with van der Waals surface area (Å²) in [5.74, 6) is 1.11. The van der Waals surface area contributed by atoms with E-state index in [4.69, 9.17) is 0 Å². The Morgan fingerprint density at radius 1 is 1.05 bits per heavy atom. The number of fused-ring (bicyclic) bond motifs is 1. The molecular weight excluding hydrogens is 300 g/mol. The van der Waals surface area contributed by atoms with E-state index < -0.39 is 0 Å². The summed E-state index contributed by atoms with van der Waals surface area (Å²) in [5.41, 5.74) is 3.73. The molecule has 3 aromatic rings. The van der Waals surface area contributed by atoms with Crippen LogP contribution in [0.25, 0.3) is 5.52 Å². The van der Waals surface area contributed by atoms with Crippen LogP contribution in [0.4, 0.5) is 0 Å².